The molecule has 0 bridgehead atoms. The Labute approximate surface area is 146 Å². The molecule has 2 fully saturated rings. The van der Waals surface area contributed by atoms with Gasteiger partial charge < -0.3 is 19.5 Å². The smallest absolute Gasteiger partial charge is 0.153 e. The zero-order valence-corrected chi connectivity index (χ0v) is 16.3. The van der Waals surface area contributed by atoms with Gasteiger partial charge in [-0.3, -0.25) is 0 Å². The van der Waals surface area contributed by atoms with Gasteiger partial charge in [0.05, 0.1) is 50.7 Å². The number of quaternary nitrogens is 2. The molecule has 0 spiro atoms. The molecular weight excluding hydrogens is 304 g/mol. The summed E-state index contributed by atoms with van der Waals surface area (Å²) in [6.45, 7) is 12.1. The maximum atomic E-state index is 5.46. The molecule has 2 rings (SSSR count). The number of oxime groups is 2. The van der Waals surface area contributed by atoms with Gasteiger partial charge in [0.15, 0.2) is 13.2 Å². The number of nitrogens with zero attached hydrogens (tertiary/aromatic N) is 2. The standard InChI is InChI=1S/C18H34N4O2/c1-13-11-21(5)15(3)9-17(13)19-23-7-8-24-20-18-10-16(4)22(6)12-14(18)2/h13-16H,7-12H2,1-6H3/p+2/b19-17-,20-18-/t13-,14+,15-,16-/m0/s1. The van der Waals surface area contributed by atoms with Crippen LogP contribution in [0, 0.1) is 11.8 Å². The van der Waals surface area contributed by atoms with Gasteiger partial charge in [-0.05, 0) is 13.8 Å². The number of hydrogen-bond acceptors (Lipinski definition) is 4. The van der Waals surface area contributed by atoms with E-state index in [4.69, 9.17) is 9.68 Å². The Morgan fingerprint density at radius 3 is 1.54 bits per heavy atom. The van der Waals surface area contributed by atoms with Crippen molar-refractivity contribution in [2.45, 2.75) is 52.6 Å². The van der Waals surface area contributed by atoms with Crippen molar-refractivity contribution in [3.63, 3.8) is 0 Å². The fourth-order valence-electron chi connectivity index (χ4n) is 3.57. The van der Waals surface area contributed by atoms with Crippen LogP contribution in [0.4, 0.5) is 0 Å². The molecular formula is C18H36N4O2+2. The van der Waals surface area contributed by atoms with E-state index in [1.807, 2.05) is 0 Å². The van der Waals surface area contributed by atoms with Crippen molar-refractivity contribution in [3.05, 3.63) is 0 Å². The van der Waals surface area contributed by atoms with E-state index in [1.165, 1.54) is 11.4 Å². The number of nitrogens with one attached hydrogen (secondary N) is 2. The molecule has 0 aromatic carbocycles. The Morgan fingerprint density at radius 1 is 0.792 bits per heavy atom. The highest BCUT2D eigenvalue weighted by atomic mass is 16.7. The van der Waals surface area contributed by atoms with E-state index in [2.05, 4.69) is 52.1 Å². The summed E-state index contributed by atoms with van der Waals surface area (Å²) in [6.07, 6.45) is 2.03. The first-order valence-corrected chi connectivity index (χ1v) is 9.40. The van der Waals surface area contributed by atoms with Crippen LogP contribution in [0.5, 0.6) is 0 Å². The van der Waals surface area contributed by atoms with Gasteiger partial charge in [0.25, 0.3) is 0 Å². The monoisotopic (exact) mass is 340 g/mol. The largest absolute Gasteiger partial charge is 0.392 e. The van der Waals surface area contributed by atoms with E-state index in [9.17, 15) is 0 Å². The molecule has 0 saturated carbocycles. The quantitative estimate of drug-likeness (QED) is 0.529. The topological polar surface area (TPSA) is 52.1 Å². The summed E-state index contributed by atoms with van der Waals surface area (Å²) in [4.78, 5) is 14.1. The second-order valence-electron chi connectivity index (χ2n) is 7.95. The first-order valence-electron chi connectivity index (χ1n) is 9.40. The second-order valence-corrected chi connectivity index (χ2v) is 7.95. The molecule has 0 aliphatic carbocycles. The van der Waals surface area contributed by atoms with E-state index in [-0.39, 0.29) is 0 Å². The van der Waals surface area contributed by atoms with Crippen molar-refractivity contribution in [1.29, 1.82) is 0 Å². The van der Waals surface area contributed by atoms with Crippen LogP contribution in [0.2, 0.25) is 0 Å². The third-order valence-electron chi connectivity index (χ3n) is 5.74. The average molecular weight is 341 g/mol. The molecule has 2 saturated heterocycles. The molecule has 24 heavy (non-hydrogen) atoms. The van der Waals surface area contributed by atoms with Gasteiger partial charge in [-0.2, -0.15) is 0 Å². The van der Waals surface area contributed by atoms with Crippen LogP contribution in [0.25, 0.3) is 0 Å². The third kappa shape index (κ3) is 5.18. The fraction of sp³-hybridized carbons (Fsp3) is 0.889. The van der Waals surface area contributed by atoms with Gasteiger partial charge in [0.1, 0.15) is 0 Å². The summed E-state index contributed by atoms with van der Waals surface area (Å²) in [5.41, 5.74) is 2.36. The zero-order valence-electron chi connectivity index (χ0n) is 16.3. The van der Waals surface area contributed by atoms with Gasteiger partial charge in [-0.1, -0.05) is 24.2 Å². The molecule has 6 nitrogen and oxygen atoms in total. The average Bonchev–Trinajstić information content (AvgIpc) is 2.52. The summed E-state index contributed by atoms with van der Waals surface area (Å²) in [7, 11) is 4.50. The van der Waals surface area contributed by atoms with E-state index < -0.39 is 0 Å². The highest BCUT2D eigenvalue weighted by Gasteiger charge is 2.30. The lowest BCUT2D eigenvalue weighted by Gasteiger charge is -2.31. The molecule has 2 N–H and O–H groups in total. The van der Waals surface area contributed by atoms with Crippen molar-refractivity contribution < 1.29 is 19.5 Å². The van der Waals surface area contributed by atoms with E-state index in [0.717, 1.165) is 25.9 Å². The van der Waals surface area contributed by atoms with Crippen LogP contribution in [-0.4, -0.2) is 63.9 Å². The van der Waals surface area contributed by atoms with E-state index in [1.54, 1.807) is 9.80 Å². The van der Waals surface area contributed by atoms with Crippen LogP contribution < -0.4 is 9.80 Å². The Kier molecular flexibility index (Phi) is 7.04. The molecule has 0 aromatic heterocycles. The Morgan fingerprint density at radius 2 is 1.17 bits per heavy atom. The highest BCUT2D eigenvalue weighted by Crippen LogP contribution is 2.09. The van der Waals surface area contributed by atoms with Crippen molar-refractivity contribution in [2.75, 3.05) is 40.4 Å². The second kappa shape index (κ2) is 8.81. The third-order valence-corrected chi connectivity index (χ3v) is 5.74. The van der Waals surface area contributed by atoms with Gasteiger partial charge in [0, 0.05) is 24.7 Å². The van der Waals surface area contributed by atoms with Crippen molar-refractivity contribution in [1.82, 2.24) is 0 Å². The molecule has 2 heterocycles. The van der Waals surface area contributed by atoms with Crippen molar-refractivity contribution in [2.24, 2.45) is 22.1 Å². The van der Waals surface area contributed by atoms with Crippen LogP contribution >= 0.6 is 0 Å². The summed E-state index contributed by atoms with van der Waals surface area (Å²) in [5.74, 6) is 0.984. The minimum Gasteiger partial charge on any atom is -0.392 e. The molecule has 2 aliphatic rings. The molecule has 0 radical (unpaired) electrons. The van der Waals surface area contributed by atoms with Gasteiger partial charge >= 0.3 is 0 Å². The molecule has 2 unspecified atom stereocenters. The lowest BCUT2D eigenvalue weighted by molar-refractivity contribution is -0.908. The Hall–Kier alpha value is -1.14. The van der Waals surface area contributed by atoms with Gasteiger partial charge in [0.2, 0.25) is 0 Å². The summed E-state index contributed by atoms with van der Waals surface area (Å²) in [5, 5.41) is 8.68. The summed E-state index contributed by atoms with van der Waals surface area (Å²) >= 11 is 0. The van der Waals surface area contributed by atoms with Crippen LogP contribution in [0.15, 0.2) is 10.3 Å². The Bertz CT molecular complexity index is 424. The first kappa shape index (κ1) is 19.2. The Balaban J connectivity index is 1.69. The first-order chi connectivity index (χ1) is 11.4. The fourth-order valence-corrected chi connectivity index (χ4v) is 3.57. The van der Waals surface area contributed by atoms with Gasteiger partial charge in [-0.25, -0.2) is 0 Å². The summed E-state index contributed by atoms with van der Waals surface area (Å²) < 4.78 is 0. The molecule has 0 amide bonds. The number of likely N-dealkylation sites (tertiary alicyclic amines) is 2. The molecule has 0 aromatic rings. The lowest BCUT2D eigenvalue weighted by Crippen LogP contribution is -3.14. The lowest BCUT2D eigenvalue weighted by atomic mass is 9.93. The molecule has 6 heteroatoms. The minimum absolute atomic E-state index is 0.458. The van der Waals surface area contributed by atoms with Crippen LogP contribution in [0.1, 0.15) is 40.5 Å². The SMILES string of the molecule is C[C@@H]1C[NH+](C)[C@@H](C)C/C1=N/OCCO/N=C1/C[C@H](C)[NH+](C)C[C@@H]1C. The van der Waals surface area contributed by atoms with Gasteiger partial charge in [-0.15, -0.1) is 0 Å². The normalized spacial score (nSPS) is 40.8. The van der Waals surface area contributed by atoms with Crippen molar-refractivity contribution in [3.8, 4) is 0 Å². The molecule has 2 aliphatic heterocycles. The predicted molar refractivity (Wildman–Crippen MR) is 96.8 cm³/mol. The van der Waals surface area contributed by atoms with Crippen LogP contribution in [0.3, 0.4) is 0 Å². The predicted octanol–water partition coefficient (Wildman–Crippen LogP) is -0.382. The molecule has 6 atom stereocenters. The molecule has 138 valence electrons. The number of piperidine rings is 2. The minimum atomic E-state index is 0.458. The highest BCUT2D eigenvalue weighted by molar-refractivity contribution is 5.87. The zero-order chi connectivity index (χ0) is 17.7. The van der Waals surface area contributed by atoms with E-state index in [0.29, 0.717) is 37.1 Å². The van der Waals surface area contributed by atoms with E-state index >= 15 is 0 Å². The van der Waals surface area contributed by atoms with Crippen LogP contribution in [-0.2, 0) is 9.68 Å². The number of rotatable bonds is 5. The maximum Gasteiger partial charge on any atom is 0.153 e. The summed E-state index contributed by atoms with van der Waals surface area (Å²) in [6, 6.07) is 1.22. The van der Waals surface area contributed by atoms with Crippen molar-refractivity contribution >= 4 is 11.4 Å². The maximum absolute atomic E-state index is 5.46. The number of hydrogen-bond donors (Lipinski definition) is 2.